The molecule has 1 unspecified atom stereocenters. The minimum absolute atomic E-state index is 0.695. The number of hydrogen-bond acceptors (Lipinski definition) is 5. The van der Waals surface area contributed by atoms with Crippen molar-refractivity contribution in [3.05, 3.63) is 29.3 Å². The summed E-state index contributed by atoms with van der Waals surface area (Å²) in [6, 6.07) is 8.25. The van der Waals surface area contributed by atoms with E-state index in [1.807, 2.05) is 24.3 Å². The van der Waals surface area contributed by atoms with Crippen LogP contribution in [0, 0.1) is 0 Å². The molecule has 5 nitrogen and oxygen atoms in total. The largest absolute Gasteiger partial charge is 0.303 e. The Bertz CT molecular complexity index is 600. The molecular weight excluding hydrogens is 318 g/mol. The first-order valence-corrected chi connectivity index (χ1v) is 8.98. The van der Waals surface area contributed by atoms with Gasteiger partial charge in [-0.3, -0.25) is 0 Å². The van der Waals surface area contributed by atoms with E-state index in [0.717, 1.165) is 16.6 Å². The van der Waals surface area contributed by atoms with Gasteiger partial charge >= 0.3 is 0 Å². The number of aromatic nitrogens is 4. The molecule has 1 atom stereocenters. The van der Waals surface area contributed by atoms with Gasteiger partial charge < -0.3 is 4.90 Å². The van der Waals surface area contributed by atoms with Gasteiger partial charge in [0.2, 0.25) is 5.16 Å². The number of nitrogens with zero attached hydrogens (tertiary/aromatic N) is 5. The van der Waals surface area contributed by atoms with Crippen LogP contribution in [0.1, 0.15) is 25.7 Å². The fraction of sp³-hybridized carbons (Fsp3) is 0.533. The van der Waals surface area contributed by atoms with Crippen molar-refractivity contribution < 1.29 is 0 Å². The van der Waals surface area contributed by atoms with E-state index in [9.17, 15) is 0 Å². The molecule has 118 valence electrons. The van der Waals surface area contributed by atoms with Gasteiger partial charge in [0.1, 0.15) is 0 Å². The molecule has 1 aliphatic heterocycles. The van der Waals surface area contributed by atoms with E-state index in [2.05, 4.69) is 27.5 Å². The van der Waals surface area contributed by atoms with E-state index in [0.29, 0.717) is 11.1 Å². The van der Waals surface area contributed by atoms with Crippen molar-refractivity contribution in [2.75, 3.05) is 19.3 Å². The van der Waals surface area contributed by atoms with Crippen LogP contribution < -0.4 is 0 Å². The number of thioether (sulfide) groups is 1. The lowest BCUT2D eigenvalue weighted by molar-refractivity contribution is 0.182. The van der Waals surface area contributed by atoms with Crippen LogP contribution in [-0.4, -0.2) is 50.5 Å². The lowest BCUT2D eigenvalue weighted by Crippen LogP contribution is -2.36. The summed E-state index contributed by atoms with van der Waals surface area (Å²) in [5.74, 6) is 1.03. The third-order valence-corrected chi connectivity index (χ3v) is 5.32. The molecule has 22 heavy (non-hydrogen) atoms. The molecule has 0 spiro atoms. The summed E-state index contributed by atoms with van der Waals surface area (Å²) in [7, 11) is 2.23. The first-order chi connectivity index (χ1) is 10.7. The highest BCUT2D eigenvalue weighted by molar-refractivity contribution is 7.99. The second kappa shape index (κ2) is 7.44. The summed E-state index contributed by atoms with van der Waals surface area (Å²) in [6.45, 7) is 1.22. The quantitative estimate of drug-likeness (QED) is 0.783. The van der Waals surface area contributed by atoms with Crippen LogP contribution in [0.5, 0.6) is 0 Å². The second-order valence-corrected chi connectivity index (χ2v) is 7.12. The van der Waals surface area contributed by atoms with Gasteiger partial charge in [-0.1, -0.05) is 29.8 Å². The highest BCUT2D eigenvalue weighted by Gasteiger charge is 2.19. The minimum Gasteiger partial charge on any atom is -0.303 e. The number of likely N-dealkylation sites (tertiary alicyclic amines) is 1. The zero-order valence-electron chi connectivity index (χ0n) is 12.7. The number of piperidine rings is 1. The van der Waals surface area contributed by atoms with Crippen molar-refractivity contribution in [1.29, 1.82) is 0 Å². The normalized spacial score (nSPS) is 19.5. The zero-order valence-corrected chi connectivity index (χ0v) is 14.2. The second-order valence-electron chi connectivity index (χ2n) is 5.62. The molecule has 0 N–H and O–H groups in total. The first kappa shape index (κ1) is 15.8. The molecule has 7 heteroatoms. The molecule has 2 heterocycles. The van der Waals surface area contributed by atoms with Crippen LogP contribution in [0.25, 0.3) is 5.69 Å². The molecule has 1 aliphatic rings. The Balaban J connectivity index is 1.59. The van der Waals surface area contributed by atoms with E-state index < -0.39 is 0 Å². The summed E-state index contributed by atoms with van der Waals surface area (Å²) in [5, 5.41) is 13.6. The number of benzene rings is 1. The topological polar surface area (TPSA) is 46.8 Å². The number of tetrazole rings is 1. The van der Waals surface area contributed by atoms with Crippen molar-refractivity contribution in [3.63, 3.8) is 0 Å². The van der Waals surface area contributed by atoms with Gasteiger partial charge in [-0.25, -0.2) is 0 Å². The summed E-state index contributed by atoms with van der Waals surface area (Å²) in [6.07, 6.45) is 5.16. The zero-order chi connectivity index (χ0) is 15.4. The van der Waals surface area contributed by atoms with Crippen molar-refractivity contribution in [2.24, 2.45) is 0 Å². The molecule has 0 bridgehead atoms. The lowest BCUT2D eigenvalue weighted by Gasteiger charge is -2.32. The van der Waals surface area contributed by atoms with Crippen LogP contribution in [0.4, 0.5) is 0 Å². The molecule has 3 rings (SSSR count). The Morgan fingerprint density at radius 2 is 2.09 bits per heavy atom. The smallest absolute Gasteiger partial charge is 0.214 e. The Kier molecular flexibility index (Phi) is 5.33. The van der Waals surface area contributed by atoms with Crippen LogP contribution >= 0.6 is 23.4 Å². The van der Waals surface area contributed by atoms with Crippen molar-refractivity contribution in [2.45, 2.75) is 36.9 Å². The van der Waals surface area contributed by atoms with E-state index in [1.165, 1.54) is 32.2 Å². The molecule has 2 aromatic rings. The van der Waals surface area contributed by atoms with Gasteiger partial charge in [0.05, 0.1) is 5.69 Å². The molecule has 1 aromatic heterocycles. The highest BCUT2D eigenvalue weighted by atomic mass is 35.5. The number of hydrogen-bond donors (Lipinski definition) is 0. The summed E-state index contributed by atoms with van der Waals surface area (Å²) < 4.78 is 1.77. The van der Waals surface area contributed by atoms with E-state index in [1.54, 1.807) is 16.4 Å². The van der Waals surface area contributed by atoms with Crippen molar-refractivity contribution in [3.8, 4) is 5.69 Å². The molecule has 1 aromatic carbocycles. The number of halogens is 1. The average Bonchev–Trinajstić information content (AvgIpc) is 2.98. The molecule has 0 amide bonds. The fourth-order valence-corrected chi connectivity index (χ4v) is 3.87. The van der Waals surface area contributed by atoms with Crippen molar-refractivity contribution >= 4 is 23.4 Å². The van der Waals surface area contributed by atoms with Gasteiger partial charge in [-0.15, -0.1) is 5.10 Å². The molecule has 0 radical (unpaired) electrons. The third-order valence-electron chi connectivity index (χ3n) is 4.12. The van der Waals surface area contributed by atoms with Gasteiger partial charge in [0.25, 0.3) is 0 Å². The van der Waals surface area contributed by atoms with E-state index in [4.69, 9.17) is 11.6 Å². The molecule has 1 saturated heterocycles. The average molecular weight is 338 g/mol. The van der Waals surface area contributed by atoms with Gasteiger partial charge in [-0.2, -0.15) is 4.68 Å². The van der Waals surface area contributed by atoms with Crippen LogP contribution in [0.3, 0.4) is 0 Å². The molecule has 1 fully saturated rings. The first-order valence-electron chi connectivity index (χ1n) is 7.61. The maximum Gasteiger partial charge on any atom is 0.214 e. The highest BCUT2D eigenvalue weighted by Crippen LogP contribution is 2.24. The van der Waals surface area contributed by atoms with Gasteiger partial charge in [0.15, 0.2) is 0 Å². The maximum atomic E-state index is 5.93. The Labute approximate surface area is 140 Å². The van der Waals surface area contributed by atoms with Crippen LogP contribution in [-0.2, 0) is 0 Å². The monoisotopic (exact) mass is 337 g/mol. The summed E-state index contributed by atoms with van der Waals surface area (Å²) >= 11 is 7.64. The third kappa shape index (κ3) is 3.80. The Hall–Kier alpha value is -1.11. The minimum atomic E-state index is 0.695. The van der Waals surface area contributed by atoms with Gasteiger partial charge in [0, 0.05) is 16.8 Å². The summed E-state index contributed by atoms with van der Waals surface area (Å²) in [4.78, 5) is 2.48. The van der Waals surface area contributed by atoms with Crippen LogP contribution in [0.2, 0.25) is 5.02 Å². The van der Waals surface area contributed by atoms with Gasteiger partial charge in [-0.05, 0) is 67.5 Å². The molecule has 0 saturated carbocycles. The Morgan fingerprint density at radius 1 is 1.27 bits per heavy atom. The SMILES string of the molecule is CN1CCCCC1CCSc1nnnn1-c1ccc(Cl)cc1. The lowest BCUT2D eigenvalue weighted by atomic mass is 10.0. The fourth-order valence-electron chi connectivity index (χ4n) is 2.81. The van der Waals surface area contributed by atoms with E-state index in [-0.39, 0.29) is 0 Å². The van der Waals surface area contributed by atoms with Crippen LogP contribution in [0.15, 0.2) is 29.4 Å². The maximum absolute atomic E-state index is 5.93. The van der Waals surface area contributed by atoms with E-state index >= 15 is 0 Å². The molecule has 0 aliphatic carbocycles. The Morgan fingerprint density at radius 3 is 2.86 bits per heavy atom. The van der Waals surface area contributed by atoms with Crippen molar-refractivity contribution in [1.82, 2.24) is 25.1 Å². The predicted molar refractivity (Wildman–Crippen MR) is 89.8 cm³/mol. The standard InChI is InChI=1S/C15H20ClN5S/c1-20-10-3-2-4-13(20)9-11-22-15-17-18-19-21(15)14-7-5-12(16)6-8-14/h5-8,13H,2-4,9-11H2,1H3. The number of rotatable bonds is 5. The predicted octanol–water partition coefficient (Wildman–Crippen LogP) is 3.28. The molecular formula is C15H20ClN5S. The summed E-state index contributed by atoms with van der Waals surface area (Å²) in [5.41, 5.74) is 0.937.